The standard InChI is InChI=1S/C62H111NO10/c1-3-5-7-9-11-13-15-17-26-30-34-38-42-46-50-58(67)71-51-47-43-39-35-31-27-24-22-20-18-19-21-23-25-29-33-37-41-45-49-57(66)63-54(53-72-62-61(70)60(69)59(68)56(52-64)73-62)55(65)48-44-40-36-32-28-16-14-12-10-8-6-4-2/h9,11,15,17,22,24,27,31,44,48,54-56,59-62,64-65,68-70H,3-8,10,12-14,16,18-21,23,25-26,28-30,32-43,45-47,49-53H2,1-2H3,(H,63,66)/b11-9-,17-15-,24-22-,31-27-,48-44+. The Morgan fingerprint density at radius 1 is 0.521 bits per heavy atom. The second-order valence-electron chi connectivity index (χ2n) is 20.7. The third-order valence-electron chi connectivity index (χ3n) is 13.9. The summed E-state index contributed by atoms with van der Waals surface area (Å²) in [6, 6.07) is -0.819. The molecule has 0 bridgehead atoms. The quantitative estimate of drug-likeness (QED) is 0.0149. The van der Waals surface area contributed by atoms with Crippen molar-refractivity contribution in [3.63, 3.8) is 0 Å². The fraction of sp³-hybridized carbons (Fsp3) is 0.806. The van der Waals surface area contributed by atoms with Crippen molar-refractivity contribution in [3.8, 4) is 0 Å². The van der Waals surface area contributed by atoms with Crippen molar-refractivity contribution in [2.24, 2.45) is 0 Å². The SMILES string of the molecule is CCCC/C=C\C/C=C\CCCCCCCC(=O)OCCCCC/C=C\C=C/CCCCCCCCCCCCC(=O)NC(COC1OC(CO)C(O)C(O)C1O)C(O)/C=C/CCCCCCCCCCCC. The zero-order valence-electron chi connectivity index (χ0n) is 46.6. The summed E-state index contributed by atoms with van der Waals surface area (Å²) in [6.45, 7) is 4.24. The van der Waals surface area contributed by atoms with Gasteiger partial charge in [0.25, 0.3) is 0 Å². The third-order valence-corrected chi connectivity index (χ3v) is 13.9. The smallest absolute Gasteiger partial charge is 0.305 e. The van der Waals surface area contributed by atoms with Gasteiger partial charge >= 0.3 is 5.97 Å². The molecular formula is C62H111NO10. The van der Waals surface area contributed by atoms with Crippen LogP contribution in [0.3, 0.4) is 0 Å². The summed E-state index contributed by atoms with van der Waals surface area (Å²) in [4.78, 5) is 25.1. The molecule has 424 valence electrons. The molecule has 11 nitrogen and oxygen atoms in total. The first-order chi connectivity index (χ1) is 35.7. The molecule has 0 radical (unpaired) electrons. The van der Waals surface area contributed by atoms with E-state index in [4.69, 9.17) is 14.2 Å². The van der Waals surface area contributed by atoms with Gasteiger partial charge in [0.05, 0.1) is 32.0 Å². The first-order valence-corrected chi connectivity index (χ1v) is 30.1. The molecule has 11 heteroatoms. The van der Waals surface area contributed by atoms with Crippen molar-refractivity contribution >= 4 is 11.9 Å². The minimum atomic E-state index is -1.58. The summed E-state index contributed by atoms with van der Waals surface area (Å²) < 4.78 is 16.7. The van der Waals surface area contributed by atoms with Gasteiger partial charge in [0.2, 0.25) is 5.91 Å². The molecule has 0 aromatic carbocycles. The molecular weight excluding hydrogens is 919 g/mol. The Bertz CT molecular complexity index is 1400. The summed E-state index contributed by atoms with van der Waals surface area (Å²) in [7, 11) is 0. The maximum atomic E-state index is 13.0. The Morgan fingerprint density at radius 3 is 1.51 bits per heavy atom. The van der Waals surface area contributed by atoms with Crippen molar-refractivity contribution in [2.45, 2.75) is 301 Å². The summed E-state index contributed by atoms with van der Waals surface area (Å²) >= 11 is 0. The van der Waals surface area contributed by atoms with Crippen LogP contribution in [0.15, 0.2) is 60.8 Å². The Kier molecular flexibility index (Phi) is 48.2. The lowest BCUT2D eigenvalue weighted by molar-refractivity contribution is -0.302. The number of carbonyl (C=O) groups is 2. The fourth-order valence-electron chi connectivity index (χ4n) is 9.03. The Balaban J connectivity index is 2.10. The van der Waals surface area contributed by atoms with E-state index in [1.807, 2.05) is 6.08 Å². The first-order valence-electron chi connectivity index (χ1n) is 30.1. The van der Waals surface area contributed by atoms with Gasteiger partial charge in [-0.25, -0.2) is 0 Å². The molecule has 7 unspecified atom stereocenters. The molecule has 1 saturated heterocycles. The number of aliphatic hydroxyl groups is 5. The minimum Gasteiger partial charge on any atom is -0.466 e. The van der Waals surface area contributed by atoms with E-state index in [2.05, 4.69) is 67.8 Å². The van der Waals surface area contributed by atoms with Crippen LogP contribution in [0.5, 0.6) is 0 Å². The molecule has 73 heavy (non-hydrogen) atoms. The number of unbranched alkanes of at least 4 members (excludes halogenated alkanes) is 30. The second kappa shape index (κ2) is 51.5. The van der Waals surface area contributed by atoms with E-state index in [1.54, 1.807) is 6.08 Å². The van der Waals surface area contributed by atoms with Gasteiger partial charge in [-0.1, -0.05) is 216 Å². The number of carbonyl (C=O) groups excluding carboxylic acids is 2. The van der Waals surface area contributed by atoms with Gasteiger partial charge in [0.15, 0.2) is 6.29 Å². The first kappa shape index (κ1) is 68.4. The molecule has 1 amide bonds. The molecule has 1 heterocycles. The van der Waals surface area contributed by atoms with Crippen molar-refractivity contribution in [3.05, 3.63) is 60.8 Å². The van der Waals surface area contributed by atoms with Crippen LogP contribution in [-0.4, -0.2) is 100 Å². The monoisotopic (exact) mass is 1030 g/mol. The average molecular weight is 1030 g/mol. The molecule has 1 aliphatic rings. The van der Waals surface area contributed by atoms with Gasteiger partial charge in [-0.3, -0.25) is 9.59 Å². The Morgan fingerprint density at radius 2 is 0.973 bits per heavy atom. The lowest BCUT2D eigenvalue weighted by Gasteiger charge is -2.40. The maximum absolute atomic E-state index is 13.0. The predicted octanol–water partition coefficient (Wildman–Crippen LogP) is 13.8. The number of ether oxygens (including phenoxy) is 3. The molecule has 7 atom stereocenters. The zero-order valence-corrected chi connectivity index (χ0v) is 46.6. The van der Waals surface area contributed by atoms with Crippen molar-refractivity contribution in [1.29, 1.82) is 0 Å². The number of aliphatic hydroxyl groups excluding tert-OH is 5. The van der Waals surface area contributed by atoms with Gasteiger partial charge in [0, 0.05) is 12.8 Å². The molecule has 0 aromatic rings. The number of hydrogen-bond acceptors (Lipinski definition) is 10. The highest BCUT2D eigenvalue weighted by molar-refractivity contribution is 5.76. The number of nitrogens with one attached hydrogen (secondary N) is 1. The van der Waals surface area contributed by atoms with Gasteiger partial charge in [0.1, 0.15) is 24.4 Å². The van der Waals surface area contributed by atoms with Crippen LogP contribution in [0.4, 0.5) is 0 Å². The number of amides is 1. The number of allylic oxidation sites excluding steroid dienone is 9. The van der Waals surface area contributed by atoms with Crippen LogP contribution < -0.4 is 5.32 Å². The largest absolute Gasteiger partial charge is 0.466 e. The number of esters is 1. The summed E-state index contributed by atoms with van der Waals surface area (Å²) in [6.07, 6.45) is 55.9. The van der Waals surface area contributed by atoms with E-state index in [0.717, 1.165) is 103 Å². The van der Waals surface area contributed by atoms with E-state index in [-0.39, 0.29) is 18.5 Å². The summed E-state index contributed by atoms with van der Waals surface area (Å²) in [5, 5.41) is 54.3. The molecule has 6 N–H and O–H groups in total. The Labute approximate surface area is 446 Å². The Hall–Kier alpha value is -2.64. The van der Waals surface area contributed by atoms with Crippen molar-refractivity contribution in [2.75, 3.05) is 19.8 Å². The normalized spacial score (nSPS) is 19.4. The molecule has 1 rings (SSSR count). The fourth-order valence-corrected chi connectivity index (χ4v) is 9.03. The summed E-state index contributed by atoms with van der Waals surface area (Å²) in [5.74, 6) is -0.237. The second-order valence-corrected chi connectivity index (χ2v) is 20.7. The van der Waals surface area contributed by atoms with Crippen LogP contribution >= 0.6 is 0 Å². The van der Waals surface area contributed by atoms with Gasteiger partial charge < -0.3 is 45.1 Å². The van der Waals surface area contributed by atoms with Crippen molar-refractivity contribution in [1.82, 2.24) is 5.32 Å². The van der Waals surface area contributed by atoms with Crippen LogP contribution in [0.25, 0.3) is 0 Å². The van der Waals surface area contributed by atoms with E-state index in [1.165, 1.54) is 128 Å². The van der Waals surface area contributed by atoms with Crippen LogP contribution in [0.2, 0.25) is 0 Å². The van der Waals surface area contributed by atoms with E-state index < -0.39 is 49.5 Å². The summed E-state index contributed by atoms with van der Waals surface area (Å²) in [5.41, 5.74) is 0. The highest BCUT2D eigenvalue weighted by Gasteiger charge is 2.44. The predicted molar refractivity (Wildman–Crippen MR) is 301 cm³/mol. The van der Waals surface area contributed by atoms with Gasteiger partial charge in [-0.15, -0.1) is 0 Å². The molecule has 1 aliphatic heterocycles. The lowest BCUT2D eigenvalue weighted by atomic mass is 9.99. The molecule has 0 saturated carbocycles. The van der Waals surface area contributed by atoms with E-state index >= 15 is 0 Å². The zero-order chi connectivity index (χ0) is 53.1. The average Bonchev–Trinajstić information content (AvgIpc) is 3.39. The van der Waals surface area contributed by atoms with Gasteiger partial charge in [-0.2, -0.15) is 0 Å². The molecule has 0 aliphatic carbocycles. The van der Waals surface area contributed by atoms with E-state index in [9.17, 15) is 35.1 Å². The number of rotatable bonds is 51. The molecule has 0 spiro atoms. The molecule has 0 aromatic heterocycles. The van der Waals surface area contributed by atoms with Crippen LogP contribution in [0, 0.1) is 0 Å². The highest BCUT2D eigenvalue weighted by atomic mass is 16.7. The minimum absolute atomic E-state index is 0.0436. The lowest BCUT2D eigenvalue weighted by Crippen LogP contribution is -2.60. The molecule has 1 fully saturated rings. The van der Waals surface area contributed by atoms with Crippen LogP contribution in [-0.2, 0) is 23.8 Å². The topological polar surface area (TPSA) is 175 Å². The maximum Gasteiger partial charge on any atom is 0.305 e. The highest BCUT2D eigenvalue weighted by Crippen LogP contribution is 2.23. The number of hydrogen-bond donors (Lipinski definition) is 6. The van der Waals surface area contributed by atoms with Gasteiger partial charge in [-0.05, 0) is 89.9 Å². The third kappa shape index (κ3) is 41.2. The van der Waals surface area contributed by atoms with Crippen LogP contribution in [0.1, 0.15) is 258 Å². The van der Waals surface area contributed by atoms with Crippen molar-refractivity contribution < 1.29 is 49.3 Å². The van der Waals surface area contributed by atoms with E-state index in [0.29, 0.717) is 19.4 Å².